The number of nitrogens with zero attached hydrogens (tertiary/aromatic N) is 1. The monoisotopic (exact) mass is 299 g/mol. The first-order valence-electron chi connectivity index (χ1n) is 6.75. The Hall–Kier alpha value is -2.87. The highest BCUT2D eigenvalue weighted by molar-refractivity contribution is 5.69. The molecule has 0 aliphatic heterocycles. The number of carbonyl (C=O) groups is 1. The highest BCUT2D eigenvalue weighted by Crippen LogP contribution is 2.28. The van der Waals surface area contributed by atoms with Crippen LogP contribution in [0.15, 0.2) is 48.5 Å². The van der Waals surface area contributed by atoms with Crippen LogP contribution in [0, 0.1) is 17.1 Å². The van der Waals surface area contributed by atoms with Crippen molar-refractivity contribution in [1.82, 2.24) is 0 Å². The van der Waals surface area contributed by atoms with Gasteiger partial charge in [-0.3, -0.25) is 4.79 Å². The van der Waals surface area contributed by atoms with Crippen molar-refractivity contribution < 1.29 is 18.7 Å². The molecule has 0 radical (unpaired) electrons. The minimum atomic E-state index is -1.09. The van der Waals surface area contributed by atoms with Gasteiger partial charge in [0.25, 0.3) is 0 Å². The van der Waals surface area contributed by atoms with Crippen LogP contribution < -0.4 is 4.74 Å². The van der Waals surface area contributed by atoms with Crippen LogP contribution in [0.5, 0.6) is 11.5 Å². The Morgan fingerprint density at radius 3 is 2.64 bits per heavy atom. The second kappa shape index (κ2) is 7.23. The zero-order valence-corrected chi connectivity index (χ0v) is 12.0. The van der Waals surface area contributed by atoms with Crippen molar-refractivity contribution in [2.75, 3.05) is 0 Å². The third-order valence-electron chi connectivity index (χ3n) is 2.88. The molecule has 0 aliphatic carbocycles. The first-order valence-corrected chi connectivity index (χ1v) is 6.75. The fourth-order valence-corrected chi connectivity index (χ4v) is 1.76. The van der Waals surface area contributed by atoms with E-state index in [0.717, 1.165) is 0 Å². The van der Waals surface area contributed by atoms with Gasteiger partial charge >= 0.3 is 5.97 Å². The average Bonchev–Trinajstić information content (AvgIpc) is 2.55. The molecule has 0 aliphatic rings. The molecule has 2 aromatic carbocycles. The Balaban J connectivity index is 2.26. The number of benzene rings is 2. The van der Waals surface area contributed by atoms with Gasteiger partial charge in [0.15, 0.2) is 11.6 Å². The first-order chi connectivity index (χ1) is 10.6. The Kier molecular flexibility index (Phi) is 5.10. The zero-order chi connectivity index (χ0) is 15.9. The topological polar surface area (TPSA) is 59.3 Å². The molecule has 1 unspecified atom stereocenters. The Morgan fingerprint density at radius 2 is 2.00 bits per heavy atom. The second-order valence-electron chi connectivity index (χ2n) is 4.46. The smallest absolute Gasteiger partial charge is 0.307 e. The summed E-state index contributed by atoms with van der Waals surface area (Å²) in [6.07, 6.45) is -0.932. The quantitative estimate of drug-likeness (QED) is 0.779. The lowest BCUT2D eigenvalue weighted by Crippen LogP contribution is -2.09. The van der Waals surface area contributed by atoms with E-state index in [0.29, 0.717) is 11.3 Å². The minimum absolute atomic E-state index is 0.0310. The summed E-state index contributed by atoms with van der Waals surface area (Å²) < 4.78 is 24.3. The number of para-hydroxylation sites is 1. The van der Waals surface area contributed by atoms with E-state index in [1.807, 2.05) is 12.1 Å². The van der Waals surface area contributed by atoms with Crippen LogP contribution >= 0.6 is 0 Å². The molecule has 0 spiro atoms. The van der Waals surface area contributed by atoms with E-state index in [1.54, 1.807) is 31.2 Å². The summed E-state index contributed by atoms with van der Waals surface area (Å²) in [7, 11) is 0. The lowest BCUT2D eigenvalue weighted by molar-refractivity contribution is -0.146. The molecule has 2 aromatic rings. The maximum absolute atomic E-state index is 13.8. The molecule has 5 heteroatoms. The molecule has 0 aromatic heterocycles. The van der Waals surface area contributed by atoms with Crippen molar-refractivity contribution >= 4 is 5.97 Å². The number of carbonyl (C=O) groups excluding carboxylic acids is 1. The molecular formula is C17H14FNO3. The molecule has 0 bridgehead atoms. The van der Waals surface area contributed by atoms with Crippen LogP contribution in [-0.2, 0) is 9.53 Å². The molecule has 4 nitrogen and oxygen atoms in total. The van der Waals surface area contributed by atoms with Gasteiger partial charge in [0.05, 0.1) is 0 Å². The fraction of sp³-hybridized carbons (Fsp3) is 0.176. The van der Waals surface area contributed by atoms with E-state index in [1.165, 1.54) is 18.2 Å². The maximum Gasteiger partial charge on any atom is 0.307 e. The normalized spacial score (nSPS) is 11.3. The predicted molar refractivity (Wildman–Crippen MR) is 77.7 cm³/mol. The highest BCUT2D eigenvalue weighted by atomic mass is 19.1. The third-order valence-corrected chi connectivity index (χ3v) is 2.88. The molecule has 1 atom stereocenters. The minimum Gasteiger partial charge on any atom is -0.454 e. The number of nitriles is 1. The Bertz CT molecular complexity index is 695. The molecule has 0 amide bonds. The largest absolute Gasteiger partial charge is 0.454 e. The number of hydrogen-bond acceptors (Lipinski definition) is 4. The van der Waals surface area contributed by atoms with Gasteiger partial charge in [-0.1, -0.05) is 31.2 Å². The van der Waals surface area contributed by atoms with Crippen molar-refractivity contribution in [3.8, 4) is 17.6 Å². The molecule has 112 valence electrons. The van der Waals surface area contributed by atoms with Crippen LogP contribution in [-0.4, -0.2) is 5.97 Å². The van der Waals surface area contributed by atoms with Crippen molar-refractivity contribution in [2.24, 2.45) is 0 Å². The summed E-state index contributed by atoms with van der Waals surface area (Å²) >= 11 is 0. The Labute approximate surface area is 127 Å². The van der Waals surface area contributed by atoms with Crippen molar-refractivity contribution in [1.29, 1.82) is 5.26 Å². The standard InChI is InChI=1S/C17H14FNO3/c1-2-17(20)22-16(11-19)12-8-9-14(18)15(10-12)21-13-6-4-3-5-7-13/h3-10,16H,2H2,1H3. The van der Waals surface area contributed by atoms with Crippen molar-refractivity contribution in [3.63, 3.8) is 0 Å². The molecule has 0 saturated heterocycles. The van der Waals surface area contributed by atoms with Crippen molar-refractivity contribution in [2.45, 2.75) is 19.4 Å². The first kappa shape index (κ1) is 15.5. The second-order valence-corrected chi connectivity index (χ2v) is 4.46. The van der Waals surface area contributed by atoms with Crippen LogP contribution in [0.25, 0.3) is 0 Å². The lowest BCUT2D eigenvalue weighted by Gasteiger charge is -2.13. The third kappa shape index (κ3) is 3.83. The van der Waals surface area contributed by atoms with E-state index >= 15 is 0 Å². The number of halogens is 1. The van der Waals surface area contributed by atoms with Gasteiger partial charge in [0.1, 0.15) is 11.8 Å². The van der Waals surface area contributed by atoms with Gasteiger partial charge in [-0.05, 0) is 24.3 Å². The molecular weight excluding hydrogens is 285 g/mol. The van der Waals surface area contributed by atoms with Crippen LogP contribution in [0.4, 0.5) is 4.39 Å². The van der Waals surface area contributed by atoms with Gasteiger partial charge in [0, 0.05) is 12.0 Å². The number of esters is 1. The molecule has 2 rings (SSSR count). The van der Waals surface area contributed by atoms with E-state index in [4.69, 9.17) is 14.7 Å². The summed E-state index contributed by atoms with van der Waals surface area (Å²) in [6, 6.07) is 14.5. The van der Waals surface area contributed by atoms with Gasteiger partial charge in [-0.25, -0.2) is 4.39 Å². The molecule has 0 saturated carbocycles. The SMILES string of the molecule is CCC(=O)OC(C#N)c1ccc(F)c(Oc2ccccc2)c1. The lowest BCUT2D eigenvalue weighted by atomic mass is 10.1. The highest BCUT2D eigenvalue weighted by Gasteiger charge is 2.17. The van der Waals surface area contributed by atoms with E-state index < -0.39 is 17.9 Å². The molecule has 22 heavy (non-hydrogen) atoms. The van der Waals surface area contributed by atoms with Gasteiger partial charge in [-0.15, -0.1) is 0 Å². The van der Waals surface area contributed by atoms with E-state index in [9.17, 15) is 9.18 Å². The Morgan fingerprint density at radius 1 is 1.27 bits per heavy atom. The van der Waals surface area contributed by atoms with E-state index in [-0.39, 0.29) is 12.2 Å². The zero-order valence-electron chi connectivity index (χ0n) is 12.0. The van der Waals surface area contributed by atoms with E-state index in [2.05, 4.69) is 0 Å². The van der Waals surface area contributed by atoms with Gasteiger partial charge in [-0.2, -0.15) is 5.26 Å². The summed E-state index contributed by atoms with van der Waals surface area (Å²) in [5.74, 6) is -0.623. The van der Waals surface area contributed by atoms with Gasteiger partial charge in [0.2, 0.25) is 6.10 Å². The van der Waals surface area contributed by atoms with Crippen molar-refractivity contribution in [3.05, 3.63) is 59.9 Å². The number of hydrogen-bond donors (Lipinski definition) is 0. The molecule has 0 fully saturated rings. The predicted octanol–water partition coefficient (Wildman–Crippen LogP) is 4.14. The van der Waals surface area contributed by atoms with Crippen LogP contribution in [0.1, 0.15) is 25.0 Å². The van der Waals surface area contributed by atoms with Crippen LogP contribution in [0.3, 0.4) is 0 Å². The molecule has 0 heterocycles. The van der Waals surface area contributed by atoms with Gasteiger partial charge < -0.3 is 9.47 Å². The summed E-state index contributed by atoms with van der Waals surface area (Å²) in [5.41, 5.74) is 0.358. The number of ether oxygens (including phenoxy) is 2. The fourth-order valence-electron chi connectivity index (χ4n) is 1.76. The molecule has 0 N–H and O–H groups in total. The number of rotatable bonds is 5. The summed E-state index contributed by atoms with van der Waals surface area (Å²) in [5, 5.41) is 9.11. The van der Waals surface area contributed by atoms with Crippen LogP contribution in [0.2, 0.25) is 0 Å². The summed E-state index contributed by atoms with van der Waals surface area (Å²) in [6.45, 7) is 1.63. The average molecular weight is 299 g/mol. The summed E-state index contributed by atoms with van der Waals surface area (Å²) in [4.78, 5) is 11.3. The maximum atomic E-state index is 13.8.